The van der Waals surface area contributed by atoms with Gasteiger partial charge in [0.2, 0.25) is 0 Å². The molecule has 0 aliphatic rings. The van der Waals surface area contributed by atoms with Gasteiger partial charge in [0.15, 0.2) is 11.5 Å². The molecule has 4 nitrogen and oxygen atoms in total. The van der Waals surface area contributed by atoms with Crippen LogP contribution in [0.15, 0.2) is 18.2 Å². The molecule has 0 saturated carbocycles. The number of benzene rings is 1. The van der Waals surface area contributed by atoms with Crippen LogP contribution in [0.2, 0.25) is 0 Å². The van der Waals surface area contributed by atoms with E-state index in [-0.39, 0.29) is 5.92 Å². The van der Waals surface area contributed by atoms with Crippen molar-refractivity contribution in [3.05, 3.63) is 23.8 Å². The Labute approximate surface area is 147 Å². The summed E-state index contributed by atoms with van der Waals surface area (Å²) in [5.74, 6) is 1.59. The highest BCUT2D eigenvalue weighted by atomic mass is 16.5. The predicted octanol–water partition coefficient (Wildman–Crippen LogP) is 4.24. The van der Waals surface area contributed by atoms with E-state index in [9.17, 15) is 5.26 Å². The molecule has 0 aromatic heterocycles. The molecule has 0 N–H and O–H groups in total. The Morgan fingerprint density at radius 3 is 2.21 bits per heavy atom. The first-order valence-corrected chi connectivity index (χ1v) is 8.85. The smallest absolute Gasteiger partial charge is 0.161 e. The molecule has 134 valence electrons. The van der Waals surface area contributed by atoms with Crippen molar-refractivity contribution in [2.45, 2.75) is 46.0 Å². The van der Waals surface area contributed by atoms with Crippen LogP contribution in [0.1, 0.15) is 46.1 Å². The number of nitriles is 1. The second kappa shape index (κ2) is 9.54. The van der Waals surface area contributed by atoms with Crippen LogP contribution in [0, 0.1) is 17.2 Å². The maximum Gasteiger partial charge on any atom is 0.161 e. The first-order valence-electron chi connectivity index (χ1n) is 8.85. The van der Waals surface area contributed by atoms with Crippen LogP contribution in [0.5, 0.6) is 11.5 Å². The van der Waals surface area contributed by atoms with E-state index in [0.717, 1.165) is 38.0 Å². The highest BCUT2D eigenvalue weighted by Gasteiger charge is 2.36. The van der Waals surface area contributed by atoms with Gasteiger partial charge < -0.3 is 14.4 Å². The van der Waals surface area contributed by atoms with E-state index < -0.39 is 5.41 Å². The van der Waals surface area contributed by atoms with Crippen molar-refractivity contribution in [3.63, 3.8) is 0 Å². The summed E-state index contributed by atoms with van der Waals surface area (Å²) in [6.07, 6.45) is 1.84. The standard InChI is InChI=1S/C20H32N2O2/c1-7-22(8-2)13-9-12-20(15-21,16(3)4)17-10-11-18(23-5)19(14-17)24-6/h10-11,14,16H,7-9,12-13H2,1-6H3/t20-/m0/s1. The quantitative estimate of drug-likeness (QED) is 0.643. The summed E-state index contributed by atoms with van der Waals surface area (Å²) in [4.78, 5) is 2.40. The lowest BCUT2D eigenvalue weighted by Crippen LogP contribution is -2.33. The molecule has 0 aliphatic heterocycles. The summed E-state index contributed by atoms with van der Waals surface area (Å²) in [6.45, 7) is 11.7. The summed E-state index contributed by atoms with van der Waals surface area (Å²) in [5, 5.41) is 10.0. The largest absolute Gasteiger partial charge is 0.493 e. The molecule has 0 radical (unpaired) electrons. The van der Waals surface area contributed by atoms with E-state index in [1.165, 1.54) is 0 Å². The van der Waals surface area contributed by atoms with Crippen LogP contribution in [0.3, 0.4) is 0 Å². The third-order valence-corrected chi connectivity index (χ3v) is 5.02. The topological polar surface area (TPSA) is 45.5 Å². The molecule has 0 heterocycles. The second-order valence-electron chi connectivity index (χ2n) is 6.44. The van der Waals surface area contributed by atoms with Gasteiger partial charge in [-0.25, -0.2) is 0 Å². The molecule has 0 amide bonds. The number of rotatable bonds is 10. The first kappa shape index (κ1) is 20.3. The molecule has 0 fully saturated rings. The van der Waals surface area contributed by atoms with Gasteiger partial charge in [0.25, 0.3) is 0 Å². The van der Waals surface area contributed by atoms with Crippen molar-refractivity contribution in [1.29, 1.82) is 5.26 Å². The average molecular weight is 332 g/mol. The van der Waals surface area contributed by atoms with Crippen molar-refractivity contribution in [2.24, 2.45) is 5.92 Å². The zero-order valence-electron chi connectivity index (χ0n) is 16.1. The lowest BCUT2D eigenvalue weighted by atomic mass is 9.69. The summed E-state index contributed by atoms with van der Waals surface area (Å²) in [6, 6.07) is 8.47. The Balaban J connectivity index is 3.10. The van der Waals surface area contributed by atoms with Gasteiger partial charge in [-0.05, 0) is 56.1 Å². The van der Waals surface area contributed by atoms with E-state index in [4.69, 9.17) is 9.47 Å². The maximum absolute atomic E-state index is 10.0. The third kappa shape index (κ3) is 4.42. The third-order valence-electron chi connectivity index (χ3n) is 5.02. The average Bonchev–Trinajstić information content (AvgIpc) is 2.61. The van der Waals surface area contributed by atoms with Crippen LogP contribution in [0.4, 0.5) is 0 Å². The maximum atomic E-state index is 10.0. The minimum absolute atomic E-state index is 0.220. The number of ether oxygens (including phenoxy) is 2. The Bertz CT molecular complexity index is 547. The van der Waals surface area contributed by atoms with Gasteiger partial charge in [-0.2, -0.15) is 5.26 Å². The number of hydrogen-bond donors (Lipinski definition) is 0. The molecule has 0 unspecified atom stereocenters. The molecule has 0 bridgehead atoms. The zero-order valence-corrected chi connectivity index (χ0v) is 16.1. The van der Waals surface area contributed by atoms with Gasteiger partial charge >= 0.3 is 0 Å². The van der Waals surface area contributed by atoms with Gasteiger partial charge in [-0.15, -0.1) is 0 Å². The lowest BCUT2D eigenvalue weighted by Gasteiger charge is -2.32. The molecule has 1 rings (SSSR count). The molecule has 0 saturated heterocycles. The highest BCUT2D eigenvalue weighted by Crippen LogP contribution is 2.40. The Morgan fingerprint density at radius 2 is 1.75 bits per heavy atom. The van der Waals surface area contributed by atoms with Crippen molar-refractivity contribution in [1.82, 2.24) is 4.90 Å². The Hall–Kier alpha value is -1.73. The predicted molar refractivity (Wildman–Crippen MR) is 98.7 cm³/mol. The monoisotopic (exact) mass is 332 g/mol. The molecule has 0 aliphatic carbocycles. The van der Waals surface area contributed by atoms with Gasteiger partial charge in [-0.3, -0.25) is 0 Å². The molecule has 1 aromatic rings. The van der Waals surface area contributed by atoms with Gasteiger partial charge in [-0.1, -0.05) is 33.8 Å². The molecular formula is C20H32N2O2. The van der Waals surface area contributed by atoms with Gasteiger partial charge in [0, 0.05) is 0 Å². The zero-order chi connectivity index (χ0) is 18.2. The van der Waals surface area contributed by atoms with Crippen LogP contribution < -0.4 is 9.47 Å². The minimum Gasteiger partial charge on any atom is -0.493 e. The van der Waals surface area contributed by atoms with Crippen molar-refractivity contribution in [3.8, 4) is 17.6 Å². The highest BCUT2D eigenvalue weighted by molar-refractivity contribution is 5.47. The molecule has 1 atom stereocenters. The summed E-state index contributed by atoms with van der Waals surface area (Å²) < 4.78 is 10.8. The Kier molecular flexibility index (Phi) is 8.07. The van der Waals surface area contributed by atoms with E-state index in [0.29, 0.717) is 11.5 Å². The lowest BCUT2D eigenvalue weighted by molar-refractivity contribution is 0.271. The fourth-order valence-corrected chi connectivity index (χ4v) is 3.25. The van der Waals surface area contributed by atoms with Crippen LogP contribution >= 0.6 is 0 Å². The minimum atomic E-state index is -0.507. The number of nitrogens with zero attached hydrogens (tertiary/aromatic N) is 2. The number of methoxy groups -OCH3 is 2. The SMILES string of the molecule is CCN(CC)CCC[C@@](C#N)(c1ccc(OC)c(OC)c1)C(C)C. The summed E-state index contributed by atoms with van der Waals surface area (Å²) in [7, 11) is 3.26. The molecule has 24 heavy (non-hydrogen) atoms. The van der Waals surface area contributed by atoms with Crippen LogP contribution in [-0.2, 0) is 5.41 Å². The van der Waals surface area contributed by atoms with Crippen molar-refractivity contribution < 1.29 is 9.47 Å². The normalized spacial score (nSPS) is 13.6. The van der Waals surface area contributed by atoms with Crippen LogP contribution in [0.25, 0.3) is 0 Å². The summed E-state index contributed by atoms with van der Waals surface area (Å²) >= 11 is 0. The van der Waals surface area contributed by atoms with Crippen LogP contribution in [-0.4, -0.2) is 38.8 Å². The molecular weight excluding hydrogens is 300 g/mol. The molecule has 0 spiro atoms. The van der Waals surface area contributed by atoms with Gasteiger partial charge in [0.1, 0.15) is 0 Å². The van der Waals surface area contributed by atoms with Crippen molar-refractivity contribution >= 4 is 0 Å². The van der Waals surface area contributed by atoms with Gasteiger partial charge in [0.05, 0.1) is 25.7 Å². The number of hydrogen-bond acceptors (Lipinski definition) is 4. The van der Waals surface area contributed by atoms with E-state index in [1.54, 1.807) is 14.2 Å². The Morgan fingerprint density at radius 1 is 1.12 bits per heavy atom. The van der Waals surface area contributed by atoms with E-state index in [2.05, 4.69) is 38.7 Å². The first-order chi connectivity index (χ1) is 11.5. The van der Waals surface area contributed by atoms with E-state index >= 15 is 0 Å². The van der Waals surface area contributed by atoms with E-state index in [1.807, 2.05) is 18.2 Å². The summed E-state index contributed by atoms with van der Waals surface area (Å²) in [5.41, 5.74) is 0.504. The second-order valence-corrected chi connectivity index (χ2v) is 6.44. The van der Waals surface area contributed by atoms with Crippen molar-refractivity contribution in [2.75, 3.05) is 33.9 Å². The fraction of sp³-hybridized carbons (Fsp3) is 0.650. The molecule has 4 heteroatoms. The molecule has 1 aromatic carbocycles. The fourth-order valence-electron chi connectivity index (χ4n) is 3.25.